The van der Waals surface area contributed by atoms with Crippen LogP contribution >= 0.6 is 0 Å². The molecule has 0 radical (unpaired) electrons. The molecule has 4 nitrogen and oxygen atoms in total. The Morgan fingerprint density at radius 2 is 2.06 bits per heavy atom. The molecule has 0 atom stereocenters. The van der Waals surface area contributed by atoms with Gasteiger partial charge in [-0.2, -0.15) is 0 Å². The Morgan fingerprint density at radius 1 is 1.35 bits per heavy atom. The van der Waals surface area contributed by atoms with Gasteiger partial charge in [0.2, 0.25) is 5.91 Å². The first-order valence-electron chi connectivity index (χ1n) is 6.79. The second kappa shape index (κ2) is 10.5. The van der Waals surface area contributed by atoms with Crippen LogP contribution in [0.25, 0.3) is 0 Å². The Kier molecular flexibility index (Phi) is 10.2. The third-order valence-corrected chi connectivity index (χ3v) is 2.52. The van der Waals surface area contributed by atoms with Crippen molar-refractivity contribution in [2.75, 3.05) is 32.7 Å². The van der Waals surface area contributed by atoms with Gasteiger partial charge in [-0.1, -0.05) is 27.2 Å². The minimum absolute atomic E-state index is 0.135. The molecule has 0 aliphatic rings. The number of rotatable bonds is 10. The van der Waals surface area contributed by atoms with Gasteiger partial charge in [-0.05, 0) is 31.8 Å². The molecule has 0 aromatic carbocycles. The van der Waals surface area contributed by atoms with Crippen molar-refractivity contribution in [3.8, 4) is 0 Å². The van der Waals surface area contributed by atoms with Gasteiger partial charge in [0.25, 0.3) is 0 Å². The van der Waals surface area contributed by atoms with Crippen molar-refractivity contribution < 1.29 is 4.79 Å². The van der Waals surface area contributed by atoms with Gasteiger partial charge in [0.1, 0.15) is 0 Å². The zero-order valence-electron chi connectivity index (χ0n) is 11.7. The van der Waals surface area contributed by atoms with E-state index >= 15 is 0 Å². The van der Waals surface area contributed by atoms with Crippen molar-refractivity contribution in [3.05, 3.63) is 0 Å². The Hall–Kier alpha value is -0.610. The standard InChI is InChI=1S/C13H29N3O/c1-4-5-8-15-13(17)11-16(9-6-7-14)10-12(2)3/h12H,4-11,14H2,1-3H3,(H,15,17). The predicted molar refractivity (Wildman–Crippen MR) is 72.9 cm³/mol. The summed E-state index contributed by atoms with van der Waals surface area (Å²) in [6.45, 7) is 10.3. The number of hydrogen-bond donors (Lipinski definition) is 2. The van der Waals surface area contributed by atoms with Crippen LogP contribution in [0.5, 0.6) is 0 Å². The van der Waals surface area contributed by atoms with Crippen molar-refractivity contribution in [1.82, 2.24) is 10.2 Å². The zero-order chi connectivity index (χ0) is 13.1. The van der Waals surface area contributed by atoms with Gasteiger partial charge in [0, 0.05) is 13.1 Å². The van der Waals surface area contributed by atoms with Gasteiger partial charge in [-0.15, -0.1) is 0 Å². The van der Waals surface area contributed by atoms with Crippen LogP contribution < -0.4 is 11.1 Å². The van der Waals surface area contributed by atoms with Crippen LogP contribution in [0.1, 0.15) is 40.0 Å². The summed E-state index contributed by atoms with van der Waals surface area (Å²) < 4.78 is 0. The zero-order valence-corrected chi connectivity index (χ0v) is 11.7. The van der Waals surface area contributed by atoms with E-state index in [1.165, 1.54) is 0 Å². The molecule has 3 N–H and O–H groups in total. The lowest BCUT2D eigenvalue weighted by molar-refractivity contribution is -0.122. The summed E-state index contributed by atoms with van der Waals surface area (Å²) in [5.74, 6) is 0.715. The number of nitrogens with zero attached hydrogens (tertiary/aromatic N) is 1. The summed E-state index contributed by atoms with van der Waals surface area (Å²) in [6, 6.07) is 0. The van der Waals surface area contributed by atoms with Crippen LogP contribution in [0.15, 0.2) is 0 Å². The molecule has 0 unspecified atom stereocenters. The van der Waals surface area contributed by atoms with Crippen molar-refractivity contribution >= 4 is 5.91 Å². The van der Waals surface area contributed by atoms with E-state index in [1.54, 1.807) is 0 Å². The molecule has 0 aromatic heterocycles. The average Bonchev–Trinajstić information content (AvgIpc) is 2.25. The van der Waals surface area contributed by atoms with Gasteiger partial charge < -0.3 is 11.1 Å². The highest BCUT2D eigenvalue weighted by Gasteiger charge is 2.11. The Balaban J connectivity index is 3.90. The van der Waals surface area contributed by atoms with Gasteiger partial charge in [-0.25, -0.2) is 0 Å². The van der Waals surface area contributed by atoms with E-state index in [1.807, 2.05) is 0 Å². The molecular formula is C13H29N3O. The third-order valence-electron chi connectivity index (χ3n) is 2.52. The van der Waals surface area contributed by atoms with Crippen LogP contribution in [0.3, 0.4) is 0 Å². The highest BCUT2D eigenvalue weighted by Crippen LogP contribution is 1.99. The molecule has 1 amide bonds. The number of carbonyl (C=O) groups excluding carboxylic acids is 1. The number of hydrogen-bond acceptors (Lipinski definition) is 3. The van der Waals surface area contributed by atoms with E-state index in [-0.39, 0.29) is 5.91 Å². The Morgan fingerprint density at radius 3 is 2.59 bits per heavy atom. The molecule has 0 aliphatic heterocycles. The molecule has 0 spiro atoms. The van der Waals surface area contributed by atoms with Crippen molar-refractivity contribution in [2.45, 2.75) is 40.0 Å². The first-order valence-corrected chi connectivity index (χ1v) is 6.79. The van der Waals surface area contributed by atoms with Gasteiger partial charge in [0.15, 0.2) is 0 Å². The molecule has 102 valence electrons. The van der Waals surface area contributed by atoms with E-state index in [4.69, 9.17) is 5.73 Å². The molecule has 0 fully saturated rings. The number of nitrogens with two attached hydrogens (primary N) is 1. The monoisotopic (exact) mass is 243 g/mol. The molecular weight excluding hydrogens is 214 g/mol. The van der Waals surface area contributed by atoms with Crippen LogP contribution in [0, 0.1) is 5.92 Å². The lowest BCUT2D eigenvalue weighted by Crippen LogP contribution is -2.40. The van der Waals surface area contributed by atoms with E-state index in [2.05, 4.69) is 31.0 Å². The second-order valence-corrected chi connectivity index (χ2v) is 4.97. The fourth-order valence-corrected chi connectivity index (χ4v) is 1.73. The fraction of sp³-hybridized carbons (Fsp3) is 0.923. The van der Waals surface area contributed by atoms with E-state index < -0.39 is 0 Å². The lowest BCUT2D eigenvalue weighted by Gasteiger charge is -2.23. The normalized spacial score (nSPS) is 11.2. The maximum atomic E-state index is 11.7. The van der Waals surface area contributed by atoms with Crippen LogP contribution in [0.4, 0.5) is 0 Å². The average molecular weight is 243 g/mol. The van der Waals surface area contributed by atoms with Crippen LogP contribution in [-0.4, -0.2) is 43.5 Å². The summed E-state index contributed by atoms with van der Waals surface area (Å²) in [4.78, 5) is 13.9. The van der Waals surface area contributed by atoms with Gasteiger partial charge in [0.05, 0.1) is 6.54 Å². The summed E-state index contributed by atoms with van der Waals surface area (Å²) >= 11 is 0. The van der Waals surface area contributed by atoms with Gasteiger partial charge in [-0.3, -0.25) is 9.69 Å². The van der Waals surface area contributed by atoms with Gasteiger partial charge >= 0.3 is 0 Å². The number of nitrogens with one attached hydrogen (secondary N) is 1. The fourth-order valence-electron chi connectivity index (χ4n) is 1.73. The van der Waals surface area contributed by atoms with E-state index in [0.29, 0.717) is 19.0 Å². The van der Waals surface area contributed by atoms with E-state index in [0.717, 1.165) is 38.9 Å². The van der Waals surface area contributed by atoms with Crippen LogP contribution in [0.2, 0.25) is 0 Å². The lowest BCUT2D eigenvalue weighted by atomic mass is 10.2. The van der Waals surface area contributed by atoms with Crippen molar-refractivity contribution in [2.24, 2.45) is 11.7 Å². The first-order chi connectivity index (χ1) is 8.10. The molecule has 4 heteroatoms. The second-order valence-electron chi connectivity index (χ2n) is 4.97. The molecule has 0 heterocycles. The maximum Gasteiger partial charge on any atom is 0.234 e. The summed E-state index contributed by atoms with van der Waals surface area (Å²) in [5, 5.41) is 2.95. The van der Waals surface area contributed by atoms with Crippen molar-refractivity contribution in [1.29, 1.82) is 0 Å². The SMILES string of the molecule is CCCCNC(=O)CN(CCCN)CC(C)C. The quantitative estimate of drug-likeness (QED) is 0.567. The molecule has 0 rings (SSSR count). The minimum atomic E-state index is 0.135. The van der Waals surface area contributed by atoms with E-state index in [9.17, 15) is 4.79 Å². The highest BCUT2D eigenvalue weighted by molar-refractivity contribution is 5.77. The van der Waals surface area contributed by atoms with Crippen LogP contribution in [-0.2, 0) is 4.79 Å². The van der Waals surface area contributed by atoms with Crippen molar-refractivity contribution in [3.63, 3.8) is 0 Å². The summed E-state index contributed by atoms with van der Waals surface area (Å²) in [5.41, 5.74) is 5.51. The molecule has 0 saturated carbocycles. The predicted octanol–water partition coefficient (Wildman–Crippen LogP) is 1.21. The Bertz CT molecular complexity index is 195. The molecule has 0 bridgehead atoms. The largest absolute Gasteiger partial charge is 0.355 e. The number of unbranched alkanes of at least 4 members (excludes halogenated alkanes) is 1. The molecule has 0 saturated heterocycles. The molecule has 17 heavy (non-hydrogen) atoms. The maximum absolute atomic E-state index is 11.7. The minimum Gasteiger partial charge on any atom is -0.355 e. The topological polar surface area (TPSA) is 58.4 Å². The first kappa shape index (κ1) is 16.4. The molecule has 0 aliphatic carbocycles. The number of amides is 1. The molecule has 0 aromatic rings. The summed E-state index contributed by atoms with van der Waals surface area (Å²) in [6.07, 6.45) is 3.12. The number of carbonyl (C=O) groups is 1. The Labute approximate surface area is 106 Å². The summed E-state index contributed by atoms with van der Waals surface area (Å²) in [7, 11) is 0. The smallest absolute Gasteiger partial charge is 0.234 e. The highest BCUT2D eigenvalue weighted by atomic mass is 16.2. The third kappa shape index (κ3) is 10.3.